The SMILES string of the molecule is CCC(C)Nc1ccnc(C(=O)Nc2c(C)cccc2C(C)C)c1. The molecule has 4 heteroatoms. The number of hydrogen-bond donors (Lipinski definition) is 2. The van der Waals surface area contributed by atoms with Crippen LogP contribution in [0.15, 0.2) is 36.5 Å². The van der Waals surface area contributed by atoms with E-state index in [9.17, 15) is 4.79 Å². The number of hydrogen-bond acceptors (Lipinski definition) is 3. The zero-order valence-electron chi connectivity index (χ0n) is 15.2. The maximum Gasteiger partial charge on any atom is 0.274 e. The van der Waals surface area contributed by atoms with Gasteiger partial charge in [0.2, 0.25) is 0 Å². The monoisotopic (exact) mass is 325 g/mol. The van der Waals surface area contributed by atoms with E-state index in [1.54, 1.807) is 12.3 Å². The van der Waals surface area contributed by atoms with Crippen LogP contribution in [-0.2, 0) is 0 Å². The molecule has 0 radical (unpaired) electrons. The lowest BCUT2D eigenvalue weighted by Gasteiger charge is -2.17. The molecule has 24 heavy (non-hydrogen) atoms. The van der Waals surface area contributed by atoms with Crippen molar-refractivity contribution in [2.75, 3.05) is 10.6 Å². The molecule has 0 aliphatic rings. The van der Waals surface area contributed by atoms with Gasteiger partial charge in [0.15, 0.2) is 0 Å². The molecule has 1 amide bonds. The van der Waals surface area contributed by atoms with Gasteiger partial charge in [-0.1, -0.05) is 39.0 Å². The smallest absolute Gasteiger partial charge is 0.274 e. The van der Waals surface area contributed by atoms with E-state index >= 15 is 0 Å². The van der Waals surface area contributed by atoms with Crippen molar-refractivity contribution in [2.24, 2.45) is 0 Å². The average Bonchev–Trinajstić information content (AvgIpc) is 2.56. The fraction of sp³-hybridized carbons (Fsp3) is 0.400. The summed E-state index contributed by atoms with van der Waals surface area (Å²) in [5.74, 6) is 0.158. The summed E-state index contributed by atoms with van der Waals surface area (Å²) in [6.07, 6.45) is 2.69. The normalized spacial score (nSPS) is 12.1. The van der Waals surface area contributed by atoms with Gasteiger partial charge in [-0.2, -0.15) is 0 Å². The lowest BCUT2D eigenvalue weighted by Crippen LogP contribution is -2.18. The number of rotatable bonds is 6. The van der Waals surface area contributed by atoms with E-state index in [1.165, 1.54) is 0 Å². The molecule has 2 aromatic rings. The van der Waals surface area contributed by atoms with Crippen molar-refractivity contribution in [1.82, 2.24) is 4.98 Å². The minimum Gasteiger partial charge on any atom is -0.382 e. The molecule has 1 atom stereocenters. The summed E-state index contributed by atoms with van der Waals surface area (Å²) in [7, 11) is 0. The fourth-order valence-corrected chi connectivity index (χ4v) is 2.55. The highest BCUT2D eigenvalue weighted by Gasteiger charge is 2.14. The van der Waals surface area contributed by atoms with Crippen LogP contribution in [0.3, 0.4) is 0 Å². The first-order chi connectivity index (χ1) is 11.4. The number of carbonyl (C=O) groups is 1. The minimum atomic E-state index is -0.181. The van der Waals surface area contributed by atoms with Crippen LogP contribution in [0.1, 0.15) is 61.6 Å². The van der Waals surface area contributed by atoms with Gasteiger partial charge in [0, 0.05) is 23.6 Å². The van der Waals surface area contributed by atoms with Crippen molar-refractivity contribution >= 4 is 17.3 Å². The topological polar surface area (TPSA) is 54.0 Å². The van der Waals surface area contributed by atoms with Gasteiger partial charge >= 0.3 is 0 Å². The van der Waals surface area contributed by atoms with Crippen molar-refractivity contribution < 1.29 is 4.79 Å². The molecule has 1 aromatic carbocycles. The molecule has 0 spiro atoms. The summed E-state index contributed by atoms with van der Waals surface area (Å²) in [6.45, 7) is 10.5. The molecule has 1 heterocycles. The van der Waals surface area contributed by atoms with Gasteiger partial charge < -0.3 is 10.6 Å². The van der Waals surface area contributed by atoms with Crippen molar-refractivity contribution in [3.8, 4) is 0 Å². The number of benzene rings is 1. The molecule has 0 saturated heterocycles. The summed E-state index contributed by atoms with van der Waals surface area (Å²) < 4.78 is 0. The van der Waals surface area contributed by atoms with Crippen LogP contribution >= 0.6 is 0 Å². The number of nitrogens with one attached hydrogen (secondary N) is 2. The predicted octanol–water partition coefficient (Wildman–Crippen LogP) is 4.98. The molecule has 2 rings (SSSR count). The number of anilines is 2. The van der Waals surface area contributed by atoms with E-state index in [1.807, 2.05) is 25.1 Å². The Bertz CT molecular complexity index is 710. The number of aryl methyl sites for hydroxylation is 1. The molecular formula is C20H27N3O. The Morgan fingerprint density at radius 2 is 1.96 bits per heavy atom. The van der Waals surface area contributed by atoms with E-state index in [0.717, 1.165) is 28.9 Å². The average molecular weight is 325 g/mol. The molecule has 128 valence electrons. The Morgan fingerprint density at radius 1 is 1.21 bits per heavy atom. The van der Waals surface area contributed by atoms with Crippen LogP contribution in [0.5, 0.6) is 0 Å². The molecular weight excluding hydrogens is 298 g/mol. The predicted molar refractivity (Wildman–Crippen MR) is 101 cm³/mol. The molecule has 1 unspecified atom stereocenters. The largest absolute Gasteiger partial charge is 0.382 e. The first kappa shape index (κ1) is 18.0. The van der Waals surface area contributed by atoms with Crippen molar-refractivity contribution in [3.05, 3.63) is 53.3 Å². The molecule has 4 nitrogen and oxygen atoms in total. The van der Waals surface area contributed by atoms with Gasteiger partial charge in [0.25, 0.3) is 5.91 Å². The minimum absolute atomic E-state index is 0.181. The number of carbonyl (C=O) groups excluding carboxylic acids is 1. The highest BCUT2D eigenvalue weighted by Crippen LogP contribution is 2.27. The summed E-state index contributed by atoms with van der Waals surface area (Å²) in [6, 6.07) is 10.1. The lowest BCUT2D eigenvalue weighted by molar-refractivity contribution is 0.102. The van der Waals surface area contributed by atoms with E-state index in [2.05, 4.69) is 49.4 Å². The number of pyridine rings is 1. The van der Waals surface area contributed by atoms with Crippen molar-refractivity contribution in [2.45, 2.75) is 53.0 Å². The Hall–Kier alpha value is -2.36. The van der Waals surface area contributed by atoms with Crippen LogP contribution in [0, 0.1) is 6.92 Å². The van der Waals surface area contributed by atoms with E-state index in [4.69, 9.17) is 0 Å². The molecule has 0 fully saturated rings. The third-order valence-electron chi connectivity index (χ3n) is 4.18. The Kier molecular flexibility index (Phi) is 5.96. The van der Waals surface area contributed by atoms with Gasteiger partial charge in [-0.25, -0.2) is 0 Å². The van der Waals surface area contributed by atoms with E-state index in [-0.39, 0.29) is 5.91 Å². The Morgan fingerprint density at radius 3 is 2.62 bits per heavy atom. The van der Waals surface area contributed by atoms with Crippen molar-refractivity contribution in [1.29, 1.82) is 0 Å². The first-order valence-electron chi connectivity index (χ1n) is 8.55. The molecule has 0 bridgehead atoms. The van der Waals surface area contributed by atoms with Gasteiger partial charge in [-0.15, -0.1) is 0 Å². The summed E-state index contributed by atoms with van der Waals surface area (Å²) in [4.78, 5) is 16.9. The quantitative estimate of drug-likeness (QED) is 0.788. The third-order valence-corrected chi connectivity index (χ3v) is 4.18. The van der Waals surface area contributed by atoms with E-state index in [0.29, 0.717) is 17.7 Å². The van der Waals surface area contributed by atoms with Gasteiger partial charge in [-0.3, -0.25) is 9.78 Å². The number of nitrogens with zero attached hydrogens (tertiary/aromatic N) is 1. The molecule has 0 aliphatic heterocycles. The number of para-hydroxylation sites is 1. The lowest BCUT2D eigenvalue weighted by atomic mass is 9.98. The third kappa shape index (κ3) is 4.34. The van der Waals surface area contributed by atoms with Gasteiger partial charge in [0.1, 0.15) is 5.69 Å². The van der Waals surface area contributed by atoms with Crippen LogP contribution in [-0.4, -0.2) is 16.9 Å². The fourth-order valence-electron chi connectivity index (χ4n) is 2.55. The zero-order valence-corrected chi connectivity index (χ0v) is 15.2. The van der Waals surface area contributed by atoms with Gasteiger partial charge in [0.05, 0.1) is 0 Å². The maximum absolute atomic E-state index is 12.6. The van der Waals surface area contributed by atoms with Gasteiger partial charge in [-0.05, 0) is 49.4 Å². The summed E-state index contributed by atoms with van der Waals surface area (Å²) in [5.41, 5.74) is 4.42. The second-order valence-electron chi connectivity index (χ2n) is 6.53. The molecule has 1 aromatic heterocycles. The molecule has 0 aliphatic carbocycles. The van der Waals surface area contributed by atoms with Crippen LogP contribution < -0.4 is 10.6 Å². The number of amides is 1. The van der Waals surface area contributed by atoms with E-state index < -0.39 is 0 Å². The molecule has 2 N–H and O–H groups in total. The van der Waals surface area contributed by atoms with Crippen LogP contribution in [0.2, 0.25) is 0 Å². The van der Waals surface area contributed by atoms with Crippen LogP contribution in [0.4, 0.5) is 11.4 Å². The summed E-state index contributed by atoms with van der Waals surface area (Å²) >= 11 is 0. The second kappa shape index (κ2) is 7.95. The Labute approximate surface area is 144 Å². The summed E-state index contributed by atoms with van der Waals surface area (Å²) in [5, 5.41) is 6.41. The highest BCUT2D eigenvalue weighted by atomic mass is 16.1. The first-order valence-corrected chi connectivity index (χ1v) is 8.55. The zero-order chi connectivity index (χ0) is 17.7. The number of aromatic nitrogens is 1. The van der Waals surface area contributed by atoms with Crippen molar-refractivity contribution in [3.63, 3.8) is 0 Å². The molecule has 0 saturated carbocycles. The van der Waals surface area contributed by atoms with Crippen LogP contribution in [0.25, 0.3) is 0 Å². The standard InChI is InChI=1S/C20H27N3O/c1-6-15(5)22-16-10-11-21-18(12-16)20(24)23-19-14(4)8-7-9-17(19)13(2)3/h7-13,15H,6H2,1-5H3,(H,21,22)(H,23,24). The maximum atomic E-state index is 12.6. The second-order valence-corrected chi connectivity index (χ2v) is 6.53. The Balaban J connectivity index is 2.23. The highest BCUT2D eigenvalue weighted by molar-refractivity contribution is 6.04.